The highest BCUT2D eigenvalue weighted by Gasteiger charge is 2.23. The molecule has 2 rings (SSSR count). The van der Waals surface area contributed by atoms with Gasteiger partial charge in [0.05, 0.1) is 5.02 Å². The summed E-state index contributed by atoms with van der Waals surface area (Å²) in [7, 11) is 0. The van der Waals surface area contributed by atoms with Crippen LogP contribution in [-0.2, 0) is 0 Å². The lowest BCUT2D eigenvalue weighted by atomic mass is 10.0. The van der Waals surface area contributed by atoms with E-state index in [9.17, 15) is 4.39 Å². The molecule has 1 aromatic rings. The fourth-order valence-electron chi connectivity index (χ4n) is 2.31. The molecule has 1 aromatic carbocycles. The van der Waals surface area contributed by atoms with Gasteiger partial charge in [-0.3, -0.25) is 4.90 Å². The van der Waals surface area contributed by atoms with Crippen LogP contribution in [-0.4, -0.2) is 31.1 Å². The van der Waals surface area contributed by atoms with Crippen LogP contribution in [0, 0.1) is 12.7 Å². The second-order valence-corrected chi connectivity index (χ2v) is 4.93. The number of aryl methyl sites for hydroxylation is 1. The third kappa shape index (κ3) is 2.62. The molecule has 1 heterocycles. The third-order valence-corrected chi connectivity index (χ3v) is 3.94. The first kappa shape index (κ1) is 12.8. The average molecular weight is 257 g/mol. The molecule has 0 aliphatic carbocycles. The van der Waals surface area contributed by atoms with Gasteiger partial charge in [0.1, 0.15) is 5.82 Å². The molecule has 1 N–H and O–H groups in total. The van der Waals surface area contributed by atoms with Gasteiger partial charge in [-0.05, 0) is 25.5 Å². The first-order valence-corrected chi connectivity index (χ1v) is 6.38. The van der Waals surface area contributed by atoms with Crippen molar-refractivity contribution >= 4 is 11.6 Å². The van der Waals surface area contributed by atoms with E-state index in [1.165, 1.54) is 6.07 Å². The molecule has 0 radical (unpaired) electrons. The smallest absolute Gasteiger partial charge is 0.129 e. The summed E-state index contributed by atoms with van der Waals surface area (Å²) in [4.78, 5) is 2.26. The Hall–Kier alpha value is -0.640. The van der Waals surface area contributed by atoms with E-state index in [0.29, 0.717) is 10.6 Å². The summed E-state index contributed by atoms with van der Waals surface area (Å²) >= 11 is 6.23. The van der Waals surface area contributed by atoms with E-state index < -0.39 is 0 Å². The van der Waals surface area contributed by atoms with Crippen LogP contribution in [0.25, 0.3) is 0 Å². The van der Waals surface area contributed by atoms with Crippen LogP contribution in [0.15, 0.2) is 12.1 Å². The zero-order valence-corrected chi connectivity index (χ0v) is 11.0. The minimum atomic E-state index is -0.202. The molecule has 1 fully saturated rings. The van der Waals surface area contributed by atoms with Gasteiger partial charge in [0.25, 0.3) is 0 Å². The lowest BCUT2D eigenvalue weighted by Gasteiger charge is -2.33. The first-order chi connectivity index (χ1) is 8.11. The standard InChI is InChI=1S/C13H18ClFN2/c1-9-3-4-11(15)12(13(9)14)10(2)17-7-5-16-6-8-17/h3-4,10,16H,5-8H2,1-2H3/t10-/m1/s1. The number of nitrogens with zero attached hydrogens (tertiary/aromatic N) is 1. The number of halogens is 2. The summed E-state index contributed by atoms with van der Waals surface area (Å²) in [5.74, 6) is -0.202. The number of nitrogens with one attached hydrogen (secondary N) is 1. The van der Waals surface area contributed by atoms with Crippen molar-refractivity contribution in [1.82, 2.24) is 10.2 Å². The van der Waals surface area contributed by atoms with Crippen LogP contribution in [0.4, 0.5) is 4.39 Å². The van der Waals surface area contributed by atoms with E-state index >= 15 is 0 Å². The molecule has 0 aromatic heterocycles. The highest BCUT2D eigenvalue weighted by atomic mass is 35.5. The molecule has 0 spiro atoms. The van der Waals surface area contributed by atoms with Gasteiger partial charge in [0.2, 0.25) is 0 Å². The second kappa shape index (κ2) is 5.34. The van der Waals surface area contributed by atoms with Gasteiger partial charge in [-0.25, -0.2) is 4.39 Å². The summed E-state index contributed by atoms with van der Waals surface area (Å²) in [5, 5.41) is 3.86. The monoisotopic (exact) mass is 256 g/mol. The SMILES string of the molecule is Cc1ccc(F)c([C@@H](C)N2CCNCC2)c1Cl. The van der Waals surface area contributed by atoms with Crippen molar-refractivity contribution in [3.05, 3.63) is 34.1 Å². The van der Waals surface area contributed by atoms with Gasteiger partial charge in [-0.15, -0.1) is 0 Å². The third-order valence-electron chi connectivity index (χ3n) is 3.44. The van der Waals surface area contributed by atoms with Crippen LogP contribution >= 0.6 is 11.6 Å². The summed E-state index contributed by atoms with van der Waals surface area (Å²) < 4.78 is 13.9. The Morgan fingerprint density at radius 1 is 1.35 bits per heavy atom. The van der Waals surface area contributed by atoms with Crippen molar-refractivity contribution in [3.63, 3.8) is 0 Å². The summed E-state index contributed by atoms with van der Waals surface area (Å²) in [6, 6.07) is 3.27. The first-order valence-electron chi connectivity index (χ1n) is 6.00. The van der Waals surface area contributed by atoms with Crippen molar-refractivity contribution in [2.75, 3.05) is 26.2 Å². The molecule has 1 atom stereocenters. The molecule has 0 bridgehead atoms. The number of benzene rings is 1. The van der Waals surface area contributed by atoms with Gasteiger partial charge < -0.3 is 5.32 Å². The molecule has 1 saturated heterocycles. The van der Waals surface area contributed by atoms with Crippen molar-refractivity contribution in [2.24, 2.45) is 0 Å². The highest BCUT2D eigenvalue weighted by molar-refractivity contribution is 6.32. The maximum atomic E-state index is 13.9. The van der Waals surface area contributed by atoms with E-state index in [1.807, 2.05) is 13.8 Å². The average Bonchev–Trinajstić information content (AvgIpc) is 2.35. The van der Waals surface area contributed by atoms with E-state index in [0.717, 1.165) is 31.7 Å². The Bertz CT molecular complexity index is 403. The highest BCUT2D eigenvalue weighted by Crippen LogP contribution is 2.32. The number of hydrogen-bond donors (Lipinski definition) is 1. The minimum absolute atomic E-state index is 0.0319. The Balaban J connectivity index is 2.29. The zero-order chi connectivity index (χ0) is 12.4. The second-order valence-electron chi connectivity index (χ2n) is 4.55. The van der Waals surface area contributed by atoms with Crippen molar-refractivity contribution in [1.29, 1.82) is 0 Å². The Labute approximate surface area is 107 Å². The Morgan fingerprint density at radius 2 is 2.00 bits per heavy atom. The molecule has 17 heavy (non-hydrogen) atoms. The predicted molar refractivity (Wildman–Crippen MR) is 69.0 cm³/mol. The lowest BCUT2D eigenvalue weighted by Crippen LogP contribution is -2.44. The fourth-order valence-corrected chi connectivity index (χ4v) is 2.62. The number of rotatable bonds is 2. The maximum Gasteiger partial charge on any atom is 0.129 e. The van der Waals surface area contributed by atoms with Gasteiger partial charge in [-0.2, -0.15) is 0 Å². The molecule has 0 unspecified atom stereocenters. The van der Waals surface area contributed by atoms with Crippen LogP contribution in [0.1, 0.15) is 24.1 Å². The van der Waals surface area contributed by atoms with Crippen LogP contribution in [0.3, 0.4) is 0 Å². The largest absolute Gasteiger partial charge is 0.314 e. The molecule has 94 valence electrons. The topological polar surface area (TPSA) is 15.3 Å². The number of hydrogen-bond acceptors (Lipinski definition) is 2. The van der Waals surface area contributed by atoms with Gasteiger partial charge in [-0.1, -0.05) is 17.7 Å². The quantitative estimate of drug-likeness (QED) is 0.875. The molecule has 4 heteroatoms. The Kier molecular flexibility index (Phi) is 4.02. The molecular weight excluding hydrogens is 239 g/mol. The fraction of sp³-hybridized carbons (Fsp3) is 0.538. The van der Waals surface area contributed by atoms with Crippen molar-refractivity contribution in [2.45, 2.75) is 19.9 Å². The van der Waals surface area contributed by atoms with Gasteiger partial charge in [0.15, 0.2) is 0 Å². The van der Waals surface area contributed by atoms with Crippen molar-refractivity contribution < 1.29 is 4.39 Å². The molecule has 1 aliphatic rings. The molecule has 1 aliphatic heterocycles. The zero-order valence-electron chi connectivity index (χ0n) is 10.3. The normalized spacial score (nSPS) is 19.3. The van der Waals surface area contributed by atoms with Gasteiger partial charge >= 0.3 is 0 Å². The van der Waals surface area contributed by atoms with Crippen molar-refractivity contribution in [3.8, 4) is 0 Å². The Morgan fingerprint density at radius 3 is 2.65 bits per heavy atom. The van der Waals surface area contributed by atoms with Crippen LogP contribution in [0.5, 0.6) is 0 Å². The van der Waals surface area contributed by atoms with E-state index in [4.69, 9.17) is 11.6 Å². The summed E-state index contributed by atoms with van der Waals surface area (Å²) in [6.45, 7) is 7.71. The minimum Gasteiger partial charge on any atom is -0.314 e. The van der Waals surface area contributed by atoms with E-state index in [2.05, 4.69) is 10.2 Å². The molecule has 2 nitrogen and oxygen atoms in total. The van der Waals surface area contributed by atoms with Gasteiger partial charge in [0, 0.05) is 37.8 Å². The number of piperazine rings is 1. The lowest BCUT2D eigenvalue weighted by molar-refractivity contribution is 0.182. The van der Waals surface area contributed by atoms with E-state index in [1.54, 1.807) is 6.07 Å². The molecule has 0 amide bonds. The summed E-state index contributed by atoms with van der Waals surface area (Å²) in [6.07, 6.45) is 0. The predicted octanol–water partition coefficient (Wildman–Crippen LogP) is 2.75. The summed E-state index contributed by atoms with van der Waals surface area (Å²) in [5.41, 5.74) is 1.57. The van der Waals surface area contributed by atoms with Crippen LogP contribution < -0.4 is 5.32 Å². The maximum absolute atomic E-state index is 13.9. The van der Waals surface area contributed by atoms with E-state index in [-0.39, 0.29) is 11.9 Å². The molecule has 0 saturated carbocycles. The van der Waals surface area contributed by atoms with Crippen LogP contribution in [0.2, 0.25) is 5.02 Å². The molecular formula is C13H18ClFN2.